The highest BCUT2D eigenvalue weighted by atomic mass is 35.5. The SMILES string of the molecule is Cn1c(C(=O)N2CCC(C(N)=O)(N3CCCCC3)CC2)cc(-c2ccc(Cl)cc2Cl)c1-c1ccc(OCCCO)cc1. The minimum Gasteiger partial charge on any atom is -0.494 e. The van der Waals surface area contributed by atoms with E-state index in [1.165, 1.54) is 6.42 Å². The molecule has 8 nitrogen and oxygen atoms in total. The van der Waals surface area contributed by atoms with Gasteiger partial charge in [-0.1, -0.05) is 35.7 Å². The van der Waals surface area contributed by atoms with Gasteiger partial charge < -0.3 is 25.0 Å². The zero-order valence-corrected chi connectivity index (χ0v) is 25.5. The van der Waals surface area contributed by atoms with Crippen molar-refractivity contribution in [2.24, 2.45) is 12.8 Å². The Labute approximate surface area is 256 Å². The quantitative estimate of drug-likeness (QED) is 0.316. The summed E-state index contributed by atoms with van der Waals surface area (Å²) in [6.45, 7) is 3.14. The molecule has 3 aromatic rings. The number of hydrogen-bond acceptors (Lipinski definition) is 5. The van der Waals surface area contributed by atoms with Crippen molar-refractivity contribution < 1.29 is 19.4 Å². The Hall–Kier alpha value is -3.04. The smallest absolute Gasteiger partial charge is 0.270 e. The number of carbonyl (C=O) groups excluding carboxylic acids is 2. The third-order valence-corrected chi connectivity index (χ3v) is 9.22. The van der Waals surface area contributed by atoms with E-state index in [-0.39, 0.29) is 18.4 Å². The van der Waals surface area contributed by atoms with Crippen LogP contribution in [0.1, 0.15) is 49.0 Å². The van der Waals surface area contributed by atoms with Gasteiger partial charge in [0.2, 0.25) is 5.91 Å². The van der Waals surface area contributed by atoms with Crippen LogP contribution in [0.3, 0.4) is 0 Å². The number of aliphatic hydroxyl groups excluding tert-OH is 1. The summed E-state index contributed by atoms with van der Waals surface area (Å²) in [5, 5.41) is 10.1. The lowest BCUT2D eigenvalue weighted by atomic mass is 9.83. The van der Waals surface area contributed by atoms with Crippen LogP contribution in [-0.4, -0.2) is 76.2 Å². The summed E-state index contributed by atoms with van der Waals surface area (Å²) in [7, 11) is 1.88. The average molecular weight is 614 g/mol. The molecule has 0 spiro atoms. The Kier molecular flexibility index (Phi) is 9.47. The average Bonchev–Trinajstić information content (AvgIpc) is 3.34. The molecule has 3 heterocycles. The summed E-state index contributed by atoms with van der Waals surface area (Å²) in [6.07, 6.45) is 4.91. The molecule has 2 fully saturated rings. The molecule has 0 saturated carbocycles. The van der Waals surface area contributed by atoms with Gasteiger partial charge in [0.05, 0.1) is 12.3 Å². The number of nitrogens with zero attached hydrogens (tertiary/aromatic N) is 3. The van der Waals surface area contributed by atoms with Gasteiger partial charge in [-0.3, -0.25) is 14.5 Å². The molecule has 0 radical (unpaired) electrons. The molecule has 0 atom stereocenters. The molecule has 3 N–H and O–H groups in total. The number of nitrogens with two attached hydrogens (primary N) is 1. The highest BCUT2D eigenvalue weighted by molar-refractivity contribution is 6.36. The number of amides is 2. The Balaban J connectivity index is 1.46. The zero-order chi connectivity index (χ0) is 29.9. The van der Waals surface area contributed by atoms with E-state index in [0.29, 0.717) is 60.4 Å². The lowest BCUT2D eigenvalue weighted by molar-refractivity contribution is -0.134. The predicted molar refractivity (Wildman–Crippen MR) is 166 cm³/mol. The van der Waals surface area contributed by atoms with Crippen LogP contribution in [-0.2, 0) is 11.8 Å². The summed E-state index contributed by atoms with van der Waals surface area (Å²) in [6, 6.07) is 14.9. The molecule has 2 aliphatic rings. The number of hydrogen-bond donors (Lipinski definition) is 2. The molecule has 0 unspecified atom stereocenters. The van der Waals surface area contributed by atoms with Crippen molar-refractivity contribution in [2.75, 3.05) is 39.4 Å². The second-order valence-corrected chi connectivity index (χ2v) is 12.0. The first-order valence-corrected chi connectivity index (χ1v) is 15.3. The maximum atomic E-state index is 14.0. The topological polar surface area (TPSA) is 101 Å². The minimum absolute atomic E-state index is 0.0717. The van der Waals surface area contributed by atoms with Crippen molar-refractivity contribution in [1.29, 1.82) is 0 Å². The van der Waals surface area contributed by atoms with Gasteiger partial charge in [-0.2, -0.15) is 0 Å². The summed E-state index contributed by atoms with van der Waals surface area (Å²) < 4.78 is 7.62. The molecule has 0 bridgehead atoms. The standard InChI is InChI=1S/C32H38Cl2N4O4/c1-36-28(30(40)37-16-12-32(13-17-37,31(35)41)38-14-3-2-4-15-38)21-26(25-11-8-23(33)20-27(25)34)29(36)22-6-9-24(10-7-22)42-19-5-18-39/h6-11,20-21,39H,2-5,12-19H2,1H3,(H2,35,41). The summed E-state index contributed by atoms with van der Waals surface area (Å²) >= 11 is 12.9. The first-order chi connectivity index (χ1) is 20.2. The van der Waals surface area contributed by atoms with Crippen LogP contribution in [0.5, 0.6) is 5.75 Å². The summed E-state index contributed by atoms with van der Waals surface area (Å²) in [4.78, 5) is 30.8. The van der Waals surface area contributed by atoms with Crippen molar-refractivity contribution >= 4 is 35.0 Å². The summed E-state index contributed by atoms with van der Waals surface area (Å²) in [5.41, 5.74) is 9.12. The van der Waals surface area contributed by atoms with Gasteiger partial charge in [0.25, 0.3) is 5.91 Å². The van der Waals surface area contributed by atoms with Crippen molar-refractivity contribution in [3.8, 4) is 28.1 Å². The van der Waals surface area contributed by atoms with Crippen molar-refractivity contribution in [1.82, 2.24) is 14.4 Å². The number of ether oxygens (including phenoxy) is 1. The number of benzene rings is 2. The third-order valence-electron chi connectivity index (χ3n) is 8.67. The van der Waals surface area contributed by atoms with Gasteiger partial charge in [0.15, 0.2) is 0 Å². The van der Waals surface area contributed by atoms with Crippen LogP contribution in [0.25, 0.3) is 22.4 Å². The Morgan fingerprint density at radius 3 is 2.26 bits per heavy atom. The first-order valence-electron chi connectivity index (χ1n) is 14.6. The van der Waals surface area contributed by atoms with E-state index >= 15 is 0 Å². The van der Waals surface area contributed by atoms with Crippen molar-refractivity contribution in [3.63, 3.8) is 0 Å². The van der Waals surface area contributed by atoms with E-state index in [4.69, 9.17) is 38.8 Å². The monoisotopic (exact) mass is 612 g/mol. The third kappa shape index (κ3) is 6.04. The van der Waals surface area contributed by atoms with Crippen LogP contribution in [0.2, 0.25) is 10.0 Å². The number of aromatic nitrogens is 1. The van der Waals surface area contributed by atoms with Gasteiger partial charge in [-0.05, 0) is 86.8 Å². The maximum Gasteiger partial charge on any atom is 0.270 e. The van der Waals surface area contributed by atoms with Crippen LogP contribution in [0.15, 0.2) is 48.5 Å². The second kappa shape index (κ2) is 13.1. The Bertz CT molecular complexity index is 1430. The lowest BCUT2D eigenvalue weighted by Crippen LogP contribution is -2.63. The van der Waals surface area contributed by atoms with Crippen LogP contribution in [0.4, 0.5) is 0 Å². The highest BCUT2D eigenvalue weighted by Crippen LogP contribution is 2.40. The molecule has 0 aliphatic carbocycles. The molecule has 10 heteroatoms. The van der Waals surface area contributed by atoms with Gasteiger partial charge in [-0.25, -0.2) is 0 Å². The van der Waals surface area contributed by atoms with E-state index < -0.39 is 5.54 Å². The van der Waals surface area contributed by atoms with Gasteiger partial charge >= 0.3 is 0 Å². The number of rotatable bonds is 9. The number of likely N-dealkylation sites (tertiary alicyclic amines) is 2. The lowest BCUT2D eigenvalue weighted by Gasteiger charge is -2.48. The number of primary amides is 1. The van der Waals surface area contributed by atoms with Crippen molar-refractivity contribution in [2.45, 2.75) is 44.1 Å². The van der Waals surface area contributed by atoms with E-state index in [2.05, 4.69) is 4.90 Å². The molecule has 2 amide bonds. The molecular formula is C32H38Cl2N4O4. The first kappa shape index (κ1) is 30.4. The summed E-state index contributed by atoms with van der Waals surface area (Å²) in [5.74, 6) is 0.306. The molecular weight excluding hydrogens is 575 g/mol. The highest BCUT2D eigenvalue weighted by Gasteiger charge is 2.46. The fourth-order valence-corrected chi connectivity index (χ4v) is 6.83. The largest absolute Gasteiger partial charge is 0.494 e. The number of aliphatic hydroxyl groups is 1. The van der Waals surface area contributed by atoms with Gasteiger partial charge in [0, 0.05) is 54.3 Å². The van der Waals surface area contributed by atoms with Gasteiger partial charge in [0.1, 0.15) is 17.0 Å². The molecule has 2 saturated heterocycles. The number of piperidine rings is 2. The van der Waals surface area contributed by atoms with E-state index in [1.54, 1.807) is 12.1 Å². The van der Waals surface area contributed by atoms with Crippen LogP contribution in [0, 0.1) is 0 Å². The van der Waals surface area contributed by atoms with E-state index in [1.807, 2.05) is 52.9 Å². The number of halogens is 2. The molecule has 42 heavy (non-hydrogen) atoms. The molecule has 5 rings (SSSR count). The van der Waals surface area contributed by atoms with Crippen LogP contribution < -0.4 is 10.5 Å². The normalized spacial score (nSPS) is 17.3. The second-order valence-electron chi connectivity index (χ2n) is 11.2. The maximum absolute atomic E-state index is 14.0. The molecule has 2 aromatic carbocycles. The fourth-order valence-electron chi connectivity index (χ4n) is 6.32. The van der Waals surface area contributed by atoms with Crippen molar-refractivity contribution in [3.05, 3.63) is 64.3 Å². The zero-order valence-electron chi connectivity index (χ0n) is 24.0. The fraction of sp³-hybridized carbons (Fsp3) is 0.438. The molecule has 1 aromatic heterocycles. The van der Waals surface area contributed by atoms with E-state index in [0.717, 1.165) is 48.3 Å². The molecule has 2 aliphatic heterocycles. The van der Waals surface area contributed by atoms with E-state index in [9.17, 15) is 9.59 Å². The minimum atomic E-state index is -0.695. The Morgan fingerprint density at radius 1 is 0.952 bits per heavy atom. The van der Waals surface area contributed by atoms with Gasteiger partial charge in [-0.15, -0.1) is 0 Å². The predicted octanol–water partition coefficient (Wildman–Crippen LogP) is 5.37. The number of carbonyl (C=O) groups is 2. The molecule has 224 valence electrons. The van der Waals surface area contributed by atoms with Crippen LogP contribution >= 0.6 is 23.2 Å². The Morgan fingerprint density at radius 2 is 1.64 bits per heavy atom.